The molecule has 3 aromatic rings. The predicted octanol–water partition coefficient (Wildman–Crippen LogP) is 4.14. The number of aromatic hydroxyl groups is 2. The fourth-order valence-electron chi connectivity index (χ4n) is 2.40. The van der Waals surface area contributed by atoms with Crippen LogP contribution in [0.15, 0.2) is 83.9 Å². The first kappa shape index (κ1) is 14.9. The molecule has 3 heteroatoms. The third-order valence-electron chi connectivity index (χ3n) is 3.55. The number of aliphatic imine (C=N–C) groups is 1. The lowest BCUT2D eigenvalue weighted by atomic mass is 10.0. The Kier molecular flexibility index (Phi) is 4.39. The summed E-state index contributed by atoms with van der Waals surface area (Å²) in [6.07, 6.45) is 0. The van der Waals surface area contributed by atoms with Crippen LogP contribution in [0.5, 0.6) is 11.5 Å². The number of hydrogen-bond donors (Lipinski definition) is 2. The normalized spacial score (nSPS) is 11.4. The van der Waals surface area contributed by atoms with Gasteiger partial charge in [-0.3, -0.25) is 4.99 Å². The van der Waals surface area contributed by atoms with Crippen LogP contribution in [0.2, 0.25) is 0 Å². The highest BCUT2D eigenvalue weighted by Gasteiger charge is 2.12. The monoisotopic (exact) mass is 303 g/mol. The molecule has 3 aromatic carbocycles. The summed E-state index contributed by atoms with van der Waals surface area (Å²) in [5, 5.41) is 19.7. The summed E-state index contributed by atoms with van der Waals surface area (Å²) in [6.45, 7) is 0.519. The molecule has 0 unspecified atom stereocenters. The molecule has 0 fully saturated rings. The molecule has 0 heterocycles. The third kappa shape index (κ3) is 3.58. The van der Waals surface area contributed by atoms with E-state index in [2.05, 4.69) is 0 Å². The van der Waals surface area contributed by atoms with Gasteiger partial charge in [0.1, 0.15) is 11.5 Å². The highest BCUT2D eigenvalue weighted by Crippen LogP contribution is 2.26. The fraction of sp³-hybridized carbons (Fsp3) is 0.0500. The van der Waals surface area contributed by atoms with E-state index >= 15 is 0 Å². The molecule has 0 saturated heterocycles. The summed E-state index contributed by atoms with van der Waals surface area (Å²) in [7, 11) is 0. The van der Waals surface area contributed by atoms with E-state index in [-0.39, 0.29) is 11.5 Å². The Morgan fingerprint density at radius 1 is 0.783 bits per heavy atom. The van der Waals surface area contributed by atoms with Crippen molar-refractivity contribution in [1.82, 2.24) is 0 Å². The van der Waals surface area contributed by atoms with Crippen LogP contribution in [-0.4, -0.2) is 15.9 Å². The fourth-order valence-corrected chi connectivity index (χ4v) is 2.40. The number of benzene rings is 3. The molecule has 0 saturated carbocycles. The zero-order valence-corrected chi connectivity index (χ0v) is 12.6. The van der Waals surface area contributed by atoms with Crippen molar-refractivity contribution >= 4 is 5.71 Å². The maximum Gasteiger partial charge on any atom is 0.128 e. The molecular weight excluding hydrogens is 286 g/mol. The van der Waals surface area contributed by atoms with E-state index < -0.39 is 0 Å². The van der Waals surface area contributed by atoms with Gasteiger partial charge < -0.3 is 10.2 Å². The van der Waals surface area contributed by atoms with Gasteiger partial charge in [0, 0.05) is 17.2 Å². The lowest BCUT2D eigenvalue weighted by Gasteiger charge is -2.10. The van der Waals surface area contributed by atoms with Gasteiger partial charge in [0.15, 0.2) is 0 Å². The Hall–Kier alpha value is -3.07. The molecule has 0 atom stereocenters. The predicted molar refractivity (Wildman–Crippen MR) is 92.0 cm³/mol. The van der Waals surface area contributed by atoms with E-state index in [4.69, 9.17) is 4.99 Å². The molecule has 0 aliphatic carbocycles. The quantitative estimate of drug-likeness (QED) is 0.712. The zero-order chi connectivity index (χ0) is 16.1. The first-order valence-corrected chi connectivity index (χ1v) is 7.40. The lowest BCUT2D eigenvalue weighted by Crippen LogP contribution is -2.04. The SMILES string of the molecule is Oc1ccc(C(=NCc2ccccc2)c2ccccc2)c(O)c1. The second-order valence-electron chi connectivity index (χ2n) is 5.22. The minimum Gasteiger partial charge on any atom is -0.508 e. The highest BCUT2D eigenvalue weighted by molar-refractivity contribution is 6.14. The van der Waals surface area contributed by atoms with Crippen LogP contribution in [0.4, 0.5) is 0 Å². The number of rotatable bonds is 4. The molecule has 0 aromatic heterocycles. The van der Waals surface area contributed by atoms with Gasteiger partial charge in [-0.1, -0.05) is 60.7 Å². The number of nitrogens with zero attached hydrogens (tertiary/aromatic N) is 1. The van der Waals surface area contributed by atoms with Gasteiger partial charge in [0.05, 0.1) is 12.3 Å². The molecular formula is C20H17NO2. The Labute approximate surface area is 135 Å². The minimum atomic E-state index is 0.0145. The molecule has 0 aliphatic heterocycles. The molecule has 0 radical (unpaired) electrons. The highest BCUT2D eigenvalue weighted by atomic mass is 16.3. The molecule has 3 rings (SSSR count). The van der Waals surface area contributed by atoms with Gasteiger partial charge in [-0.25, -0.2) is 0 Å². The van der Waals surface area contributed by atoms with Crippen LogP contribution >= 0.6 is 0 Å². The van der Waals surface area contributed by atoms with Crippen molar-refractivity contribution in [3.05, 3.63) is 95.6 Å². The van der Waals surface area contributed by atoms with Gasteiger partial charge in [0.2, 0.25) is 0 Å². The maximum atomic E-state index is 10.2. The van der Waals surface area contributed by atoms with Gasteiger partial charge in [-0.15, -0.1) is 0 Å². The Bertz CT molecular complexity index is 812. The van der Waals surface area contributed by atoms with Crippen LogP contribution in [0, 0.1) is 0 Å². The average molecular weight is 303 g/mol. The summed E-state index contributed by atoms with van der Waals surface area (Å²) < 4.78 is 0. The van der Waals surface area contributed by atoms with Crippen molar-refractivity contribution < 1.29 is 10.2 Å². The zero-order valence-electron chi connectivity index (χ0n) is 12.6. The van der Waals surface area contributed by atoms with E-state index in [1.165, 1.54) is 6.07 Å². The van der Waals surface area contributed by atoms with Crippen LogP contribution in [0.25, 0.3) is 0 Å². The topological polar surface area (TPSA) is 52.8 Å². The summed E-state index contributed by atoms with van der Waals surface area (Å²) in [5.41, 5.74) is 3.32. The van der Waals surface area contributed by atoms with Crippen LogP contribution in [0.1, 0.15) is 16.7 Å². The molecule has 0 spiro atoms. The molecule has 0 bridgehead atoms. The van der Waals surface area contributed by atoms with Crippen molar-refractivity contribution in [2.24, 2.45) is 4.99 Å². The van der Waals surface area contributed by atoms with Crippen LogP contribution in [0.3, 0.4) is 0 Å². The van der Waals surface area contributed by atoms with Crippen molar-refractivity contribution in [1.29, 1.82) is 0 Å². The van der Waals surface area contributed by atoms with Gasteiger partial charge >= 0.3 is 0 Å². The minimum absolute atomic E-state index is 0.0145. The molecule has 0 aliphatic rings. The summed E-state index contributed by atoms with van der Waals surface area (Å²) in [5.74, 6) is 0.0439. The Morgan fingerprint density at radius 2 is 1.43 bits per heavy atom. The molecule has 114 valence electrons. The molecule has 0 amide bonds. The van der Waals surface area contributed by atoms with Crippen molar-refractivity contribution in [2.75, 3.05) is 0 Å². The second-order valence-corrected chi connectivity index (χ2v) is 5.22. The first-order valence-electron chi connectivity index (χ1n) is 7.40. The second kappa shape index (κ2) is 6.79. The molecule has 3 nitrogen and oxygen atoms in total. The number of phenols is 2. The van der Waals surface area contributed by atoms with Crippen molar-refractivity contribution in [2.45, 2.75) is 6.54 Å². The van der Waals surface area contributed by atoms with Crippen molar-refractivity contribution in [3.63, 3.8) is 0 Å². The average Bonchev–Trinajstić information content (AvgIpc) is 2.58. The van der Waals surface area contributed by atoms with Gasteiger partial charge in [-0.2, -0.15) is 0 Å². The standard InChI is InChI=1S/C20H17NO2/c22-17-11-12-18(19(23)13-17)20(16-9-5-2-6-10-16)21-14-15-7-3-1-4-8-15/h1-13,22-23H,14H2. The van der Waals surface area contributed by atoms with Crippen LogP contribution < -0.4 is 0 Å². The summed E-state index contributed by atoms with van der Waals surface area (Å²) in [6, 6.07) is 24.2. The van der Waals surface area contributed by atoms with Crippen LogP contribution in [-0.2, 0) is 6.54 Å². The largest absolute Gasteiger partial charge is 0.508 e. The molecule has 2 N–H and O–H groups in total. The summed E-state index contributed by atoms with van der Waals surface area (Å²) >= 11 is 0. The van der Waals surface area contributed by atoms with Crippen molar-refractivity contribution in [3.8, 4) is 11.5 Å². The molecule has 23 heavy (non-hydrogen) atoms. The number of hydrogen-bond acceptors (Lipinski definition) is 3. The lowest BCUT2D eigenvalue weighted by molar-refractivity contribution is 0.450. The van der Waals surface area contributed by atoms with Gasteiger partial charge in [-0.05, 0) is 17.7 Å². The number of phenolic OH excluding ortho intramolecular Hbond substituents is 2. The smallest absolute Gasteiger partial charge is 0.128 e. The third-order valence-corrected chi connectivity index (χ3v) is 3.55. The maximum absolute atomic E-state index is 10.2. The summed E-state index contributed by atoms with van der Waals surface area (Å²) in [4.78, 5) is 4.70. The van der Waals surface area contributed by atoms with E-state index in [1.54, 1.807) is 12.1 Å². The Morgan fingerprint density at radius 3 is 2.09 bits per heavy atom. The van der Waals surface area contributed by atoms with E-state index in [0.29, 0.717) is 17.8 Å². The first-order chi connectivity index (χ1) is 11.2. The van der Waals surface area contributed by atoms with E-state index in [0.717, 1.165) is 11.1 Å². The van der Waals surface area contributed by atoms with E-state index in [1.807, 2.05) is 60.7 Å². The van der Waals surface area contributed by atoms with E-state index in [9.17, 15) is 10.2 Å². The Balaban J connectivity index is 2.04. The van der Waals surface area contributed by atoms with Gasteiger partial charge in [0.25, 0.3) is 0 Å².